The average molecular weight is 246 g/mol. The van der Waals surface area contributed by atoms with Crippen molar-refractivity contribution < 1.29 is 9.53 Å². The van der Waals surface area contributed by atoms with Crippen LogP contribution in [-0.4, -0.2) is 18.0 Å². The van der Waals surface area contributed by atoms with Crippen LogP contribution in [0.2, 0.25) is 0 Å². The van der Waals surface area contributed by atoms with Gasteiger partial charge >= 0.3 is 0 Å². The molecule has 0 amide bonds. The number of rotatable bonds is 3. The highest BCUT2D eigenvalue weighted by atomic mass is 16.5. The molecule has 1 fully saturated rings. The number of carbonyl (C=O) groups is 1. The Morgan fingerprint density at radius 2 is 2.06 bits per heavy atom. The first-order valence-corrected chi connectivity index (χ1v) is 6.79. The lowest BCUT2D eigenvalue weighted by Gasteiger charge is -2.37. The summed E-state index contributed by atoms with van der Waals surface area (Å²) in [4.78, 5) is 12.5. The van der Waals surface area contributed by atoms with Gasteiger partial charge in [-0.2, -0.15) is 0 Å². The van der Waals surface area contributed by atoms with Crippen molar-refractivity contribution in [3.63, 3.8) is 0 Å². The smallest absolute Gasteiger partial charge is 0.166 e. The van der Waals surface area contributed by atoms with E-state index in [1.165, 1.54) is 5.56 Å². The van der Waals surface area contributed by atoms with Gasteiger partial charge in [-0.25, -0.2) is 0 Å². The van der Waals surface area contributed by atoms with E-state index in [-0.39, 0.29) is 17.3 Å². The number of Topliss-reactive ketones (excluding diaryl/α,β-unsaturated/α-hetero) is 1. The molecule has 0 aromatic heterocycles. The molecule has 0 aliphatic carbocycles. The van der Waals surface area contributed by atoms with Gasteiger partial charge in [0.05, 0.1) is 5.60 Å². The topological polar surface area (TPSA) is 26.3 Å². The molecule has 2 nitrogen and oxygen atoms in total. The van der Waals surface area contributed by atoms with Crippen molar-refractivity contribution in [1.82, 2.24) is 0 Å². The van der Waals surface area contributed by atoms with Gasteiger partial charge in [-0.1, -0.05) is 36.8 Å². The fourth-order valence-corrected chi connectivity index (χ4v) is 2.55. The van der Waals surface area contributed by atoms with Gasteiger partial charge in [0.2, 0.25) is 0 Å². The van der Waals surface area contributed by atoms with Crippen LogP contribution in [0.25, 0.3) is 0 Å². The van der Waals surface area contributed by atoms with Gasteiger partial charge in [0.15, 0.2) is 5.78 Å². The third kappa shape index (κ3) is 2.81. The van der Waals surface area contributed by atoms with Gasteiger partial charge in [-0.15, -0.1) is 0 Å². The van der Waals surface area contributed by atoms with Crippen LogP contribution in [0.1, 0.15) is 49.0 Å². The quantitative estimate of drug-likeness (QED) is 0.759. The molecular weight excluding hydrogens is 224 g/mol. The van der Waals surface area contributed by atoms with Gasteiger partial charge in [0.1, 0.15) is 0 Å². The van der Waals surface area contributed by atoms with Crippen LogP contribution in [-0.2, 0) is 4.74 Å². The molecule has 0 unspecified atom stereocenters. The minimum absolute atomic E-state index is 0.117. The van der Waals surface area contributed by atoms with E-state index in [1.54, 1.807) is 0 Å². The normalized spacial score (nSPS) is 28.1. The monoisotopic (exact) mass is 246 g/mol. The molecule has 1 aliphatic rings. The maximum absolute atomic E-state index is 12.5. The summed E-state index contributed by atoms with van der Waals surface area (Å²) in [5.41, 5.74) is 1.91. The molecule has 0 spiro atoms. The van der Waals surface area contributed by atoms with Crippen molar-refractivity contribution in [3.05, 3.63) is 35.4 Å². The van der Waals surface area contributed by atoms with Crippen molar-refractivity contribution in [1.29, 1.82) is 0 Å². The first kappa shape index (κ1) is 13.3. The lowest BCUT2D eigenvalue weighted by Crippen LogP contribution is -2.39. The zero-order chi connectivity index (χ0) is 13.2. The largest absolute Gasteiger partial charge is 0.375 e. The zero-order valence-electron chi connectivity index (χ0n) is 11.5. The summed E-state index contributed by atoms with van der Waals surface area (Å²) in [6.07, 6.45) is 2.66. The number of aryl methyl sites for hydroxylation is 1. The zero-order valence-corrected chi connectivity index (χ0v) is 11.5. The number of ether oxygens (including phenoxy) is 1. The van der Waals surface area contributed by atoms with Gasteiger partial charge in [-0.05, 0) is 33.1 Å². The van der Waals surface area contributed by atoms with E-state index in [4.69, 9.17) is 4.74 Å². The van der Waals surface area contributed by atoms with Crippen molar-refractivity contribution in [2.75, 3.05) is 6.61 Å². The molecule has 1 aromatic rings. The molecule has 0 bridgehead atoms. The Hall–Kier alpha value is -1.15. The summed E-state index contributed by atoms with van der Waals surface area (Å²) < 4.78 is 5.80. The standard InChI is InChI=1S/C16H22O2/c1-4-16(3)11-14(9-10-18-16)15(17)13-7-5-12(2)6-8-13/h5-8,14H,4,9-11H2,1-3H3/t14-,16-/m1/s1. The minimum Gasteiger partial charge on any atom is -0.375 e. The van der Waals surface area contributed by atoms with Crippen LogP contribution in [0.15, 0.2) is 24.3 Å². The molecule has 0 N–H and O–H groups in total. The third-order valence-corrected chi connectivity index (χ3v) is 4.05. The third-order valence-electron chi connectivity index (χ3n) is 4.05. The maximum atomic E-state index is 12.5. The van der Waals surface area contributed by atoms with Crippen LogP contribution in [0.5, 0.6) is 0 Å². The Labute approximate surface area is 109 Å². The fraction of sp³-hybridized carbons (Fsp3) is 0.562. The molecule has 18 heavy (non-hydrogen) atoms. The van der Waals surface area contributed by atoms with Crippen LogP contribution < -0.4 is 0 Å². The second-order valence-electron chi connectivity index (χ2n) is 5.57. The van der Waals surface area contributed by atoms with Gasteiger partial charge in [0.25, 0.3) is 0 Å². The Morgan fingerprint density at radius 1 is 1.39 bits per heavy atom. The number of benzene rings is 1. The Kier molecular flexibility index (Phi) is 3.86. The number of hydrogen-bond donors (Lipinski definition) is 0. The fourth-order valence-electron chi connectivity index (χ4n) is 2.55. The second kappa shape index (κ2) is 5.23. The summed E-state index contributed by atoms with van der Waals surface area (Å²) in [6.45, 7) is 6.98. The second-order valence-corrected chi connectivity index (χ2v) is 5.57. The number of carbonyl (C=O) groups excluding carboxylic acids is 1. The van der Waals surface area contributed by atoms with E-state index in [0.717, 1.165) is 24.8 Å². The molecule has 2 heteroatoms. The highest BCUT2D eigenvalue weighted by Crippen LogP contribution is 2.33. The predicted octanol–water partition coefficient (Wildman–Crippen LogP) is 3.77. The van der Waals surface area contributed by atoms with E-state index in [0.29, 0.717) is 6.61 Å². The van der Waals surface area contributed by atoms with E-state index >= 15 is 0 Å². The summed E-state index contributed by atoms with van der Waals surface area (Å²) in [5, 5.41) is 0. The molecule has 1 aliphatic heterocycles. The van der Waals surface area contributed by atoms with Gasteiger partial charge < -0.3 is 4.74 Å². The first-order valence-electron chi connectivity index (χ1n) is 6.79. The van der Waals surface area contributed by atoms with Crippen molar-refractivity contribution in [3.8, 4) is 0 Å². The molecule has 1 saturated heterocycles. The van der Waals surface area contributed by atoms with Crippen LogP contribution >= 0.6 is 0 Å². The predicted molar refractivity (Wildman–Crippen MR) is 72.9 cm³/mol. The summed E-state index contributed by atoms with van der Waals surface area (Å²) in [5.74, 6) is 0.393. The summed E-state index contributed by atoms with van der Waals surface area (Å²) in [6, 6.07) is 7.89. The Bertz CT molecular complexity index is 421. The molecule has 1 aromatic carbocycles. The van der Waals surface area contributed by atoms with Crippen LogP contribution in [0.3, 0.4) is 0 Å². The minimum atomic E-state index is -0.122. The van der Waals surface area contributed by atoms with E-state index in [1.807, 2.05) is 31.2 Å². The average Bonchev–Trinajstić information content (AvgIpc) is 2.39. The van der Waals surface area contributed by atoms with E-state index in [2.05, 4.69) is 13.8 Å². The van der Waals surface area contributed by atoms with Crippen LogP contribution in [0.4, 0.5) is 0 Å². The van der Waals surface area contributed by atoms with Crippen LogP contribution in [0, 0.1) is 12.8 Å². The molecule has 2 rings (SSSR count). The molecule has 0 radical (unpaired) electrons. The number of hydrogen-bond acceptors (Lipinski definition) is 2. The summed E-state index contributed by atoms with van der Waals surface area (Å²) >= 11 is 0. The molecule has 98 valence electrons. The lowest BCUT2D eigenvalue weighted by molar-refractivity contribution is -0.0811. The molecular formula is C16H22O2. The number of ketones is 1. The lowest BCUT2D eigenvalue weighted by atomic mass is 9.81. The van der Waals surface area contributed by atoms with Gasteiger partial charge in [0, 0.05) is 18.1 Å². The molecule has 2 atom stereocenters. The molecule has 1 heterocycles. The molecule has 0 saturated carbocycles. The Balaban J connectivity index is 2.11. The van der Waals surface area contributed by atoms with Crippen molar-refractivity contribution in [2.24, 2.45) is 5.92 Å². The first-order chi connectivity index (χ1) is 8.54. The van der Waals surface area contributed by atoms with Crippen molar-refractivity contribution >= 4 is 5.78 Å². The Morgan fingerprint density at radius 3 is 2.67 bits per heavy atom. The maximum Gasteiger partial charge on any atom is 0.166 e. The van der Waals surface area contributed by atoms with E-state index < -0.39 is 0 Å². The van der Waals surface area contributed by atoms with Crippen molar-refractivity contribution in [2.45, 2.75) is 45.6 Å². The van der Waals surface area contributed by atoms with E-state index in [9.17, 15) is 4.79 Å². The summed E-state index contributed by atoms with van der Waals surface area (Å²) in [7, 11) is 0. The SMILES string of the molecule is CC[C@]1(C)C[C@H](C(=O)c2ccc(C)cc2)CCO1. The highest BCUT2D eigenvalue weighted by molar-refractivity contribution is 5.98. The van der Waals surface area contributed by atoms with Gasteiger partial charge in [-0.3, -0.25) is 4.79 Å². The highest BCUT2D eigenvalue weighted by Gasteiger charge is 2.35.